The second kappa shape index (κ2) is 9.14. The molecule has 162 valence electrons. The van der Waals surface area contributed by atoms with Crippen molar-refractivity contribution in [1.29, 1.82) is 0 Å². The molecule has 7 nitrogen and oxygen atoms in total. The first kappa shape index (κ1) is 22.2. The summed E-state index contributed by atoms with van der Waals surface area (Å²) in [6.45, 7) is 4.98. The van der Waals surface area contributed by atoms with Crippen molar-refractivity contribution in [3.8, 4) is 11.5 Å². The summed E-state index contributed by atoms with van der Waals surface area (Å²) in [7, 11) is -1.75. The molecule has 1 aliphatic heterocycles. The summed E-state index contributed by atoms with van der Waals surface area (Å²) in [6, 6.07) is 9.78. The molecule has 2 aromatic rings. The number of hydrogen-bond donors (Lipinski definition) is 1. The summed E-state index contributed by atoms with van der Waals surface area (Å²) >= 11 is 6.32. The van der Waals surface area contributed by atoms with E-state index in [1.54, 1.807) is 30.3 Å². The molecule has 1 amide bonds. The summed E-state index contributed by atoms with van der Waals surface area (Å²) < 4.78 is 36.5. The monoisotopic (exact) mass is 452 g/mol. The van der Waals surface area contributed by atoms with Crippen molar-refractivity contribution in [2.24, 2.45) is 5.92 Å². The van der Waals surface area contributed by atoms with Gasteiger partial charge in [-0.1, -0.05) is 25.4 Å². The number of carbonyl (C=O) groups is 1. The molecule has 2 aromatic carbocycles. The van der Waals surface area contributed by atoms with Crippen LogP contribution in [0, 0.1) is 5.92 Å². The number of benzene rings is 2. The standard InChI is InChI=1S/C21H25ClN2O5S/c1-14(2)13-29-20-18(22)11-15(12-19(20)28-3)21(25)23-16-5-7-17(8-6-16)24-9-4-10-30(24,26)27/h5-8,11-12,14H,4,9-10,13H2,1-3H3,(H,23,25). The van der Waals surface area contributed by atoms with E-state index in [-0.39, 0.29) is 16.7 Å². The molecule has 0 unspecified atom stereocenters. The number of hydrogen-bond acceptors (Lipinski definition) is 5. The lowest BCUT2D eigenvalue weighted by molar-refractivity contribution is 0.102. The van der Waals surface area contributed by atoms with Crippen molar-refractivity contribution < 1.29 is 22.7 Å². The number of carbonyl (C=O) groups excluding carboxylic acids is 1. The van der Waals surface area contributed by atoms with Gasteiger partial charge in [0.1, 0.15) is 0 Å². The third-order valence-corrected chi connectivity index (χ3v) is 6.72. The molecule has 30 heavy (non-hydrogen) atoms. The summed E-state index contributed by atoms with van der Waals surface area (Å²) in [5.41, 5.74) is 1.44. The number of nitrogens with zero attached hydrogens (tertiary/aromatic N) is 1. The maximum Gasteiger partial charge on any atom is 0.255 e. The van der Waals surface area contributed by atoms with Crippen LogP contribution < -0.4 is 19.1 Å². The number of sulfonamides is 1. The highest BCUT2D eigenvalue weighted by molar-refractivity contribution is 7.93. The number of ether oxygens (including phenoxy) is 2. The van der Waals surface area contributed by atoms with Crippen LogP contribution in [0.2, 0.25) is 5.02 Å². The molecule has 0 bridgehead atoms. The van der Waals surface area contributed by atoms with E-state index in [4.69, 9.17) is 21.1 Å². The largest absolute Gasteiger partial charge is 0.493 e. The summed E-state index contributed by atoms with van der Waals surface area (Å²) in [6.07, 6.45) is 0.611. The van der Waals surface area contributed by atoms with E-state index < -0.39 is 10.0 Å². The van der Waals surface area contributed by atoms with Gasteiger partial charge in [-0.05, 0) is 48.7 Å². The van der Waals surface area contributed by atoms with Gasteiger partial charge >= 0.3 is 0 Å². The van der Waals surface area contributed by atoms with Crippen LogP contribution in [0.5, 0.6) is 11.5 Å². The van der Waals surface area contributed by atoms with Crippen molar-refractivity contribution in [3.05, 3.63) is 47.0 Å². The molecule has 1 aliphatic rings. The molecule has 0 radical (unpaired) electrons. The fourth-order valence-corrected chi connectivity index (χ4v) is 4.91. The second-order valence-electron chi connectivity index (χ2n) is 7.44. The van der Waals surface area contributed by atoms with Crippen LogP contribution in [-0.2, 0) is 10.0 Å². The number of amides is 1. The lowest BCUT2D eigenvalue weighted by atomic mass is 10.1. The zero-order valence-electron chi connectivity index (χ0n) is 17.1. The average molecular weight is 453 g/mol. The predicted octanol–water partition coefficient (Wildman–Crippen LogP) is 4.18. The molecule has 1 heterocycles. The van der Waals surface area contributed by atoms with Gasteiger partial charge in [-0.25, -0.2) is 8.42 Å². The third-order valence-electron chi connectivity index (χ3n) is 4.57. The molecule has 1 fully saturated rings. The Hall–Kier alpha value is -2.45. The van der Waals surface area contributed by atoms with Gasteiger partial charge in [-0.2, -0.15) is 0 Å². The van der Waals surface area contributed by atoms with Gasteiger partial charge in [-0.15, -0.1) is 0 Å². The van der Waals surface area contributed by atoms with E-state index in [9.17, 15) is 13.2 Å². The van der Waals surface area contributed by atoms with E-state index in [0.29, 0.717) is 53.9 Å². The fourth-order valence-electron chi connectivity index (χ4n) is 3.08. The van der Waals surface area contributed by atoms with E-state index in [2.05, 4.69) is 5.32 Å². The molecule has 0 aliphatic carbocycles. The van der Waals surface area contributed by atoms with Crippen LogP contribution in [0.3, 0.4) is 0 Å². The summed E-state index contributed by atoms with van der Waals surface area (Å²) in [4.78, 5) is 12.7. The van der Waals surface area contributed by atoms with Gasteiger partial charge in [0.2, 0.25) is 10.0 Å². The van der Waals surface area contributed by atoms with Crippen molar-refractivity contribution in [1.82, 2.24) is 0 Å². The first-order valence-electron chi connectivity index (χ1n) is 9.63. The zero-order chi connectivity index (χ0) is 21.9. The van der Waals surface area contributed by atoms with Crippen molar-refractivity contribution in [2.45, 2.75) is 20.3 Å². The highest BCUT2D eigenvalue weighted by atomic mass is 35.5. The van der Waals surface area contributed by atoms with Gasteiger partial charge < -0.3 is 14.8 Å². The van der Waals surface area contributed by atoms with Crippen molar-refractivity contribution in [3.63, 3.8) is 0 Å². The Morgan fingerprint density at radius 1 is 1.23 bits per heavy atom. The Balaban J connectivity index is 1.75. The van der Waals surface area contributed by atoms with Crippen molar-refractivity contribution in [2.75, 3.05) is 35.6 Å². The molecule has 0 atom stereocenters. The Kier molecular flexibility index (Phi) is 6.77. The topological polar surface area (TPSA) is 84.9 Å². The molecular formula is C21H25ClN2O5S. The molecular weight excluding hydrogens is 428 g/mol. The highest BCUT2D eigenvalue weighted by Gasteiger charge is 2.28. The van der Waals surface area contributed by atoms with Crippen LogP contribution in [-0.4, -0.2) is 40.3 Å². The van der Waals surface area contributed by atoms with Gasteiger partial charge in [0.15, 0.2) is 11.5 Å². The van der Waals surface area contributed by atoms with Gasteiger partial charge in [-0.3, -0.25) is 9.10 Å². The van der Waals surface area contributed by atoms with Gasteiger partial charge in [0.25, 0.3) is 5.91 Å². The minimum absolute atomic E-state index is 0.158. The first-order chi connectivity index (χ1) is 14.2. The van der Waals surface area contributed by atoms with E-state index in [1.807, 2.05) is 13.8 Å². The molecule has 1 N–H and O–H groups in total. The average Bonchev–Trinajstić information content (AvgIpc) is 3.05. The van der Waals surface area contributed by atoms with E-state index >= 15 is 0 Å². The lowest BCUT2D eigenvalue weighted by Gasteiger charge is -2.17. The van der Waals surface area contributed by atoms with Gasteiger partial charge in [0, 0.05) is 17.8 Å². The number of methoxy groups -OCH3 is 1. The number of rotatable bonds is 7. The lowest BCUT2D eigenvalue weighted by Crippen LogP contribution is -2.25. The minimum atomic E-state index is -3.24. The second-order valence-corrected chi connectivity index (χ2v) is 9.86. The highest BCUT2D eigenvalue weighted by Crippen LogP contribution is 2.37. The maximum atomic E-state index is 12.7. The van der Waals surface area contributed by atoms with E-state index in [1.165, 1.54) is 17.5 Å². The molecule has 0 saturated carbocycles. The van der Waals surface area contributed by atoms with Crippen LogP contribution in [0.1, 0.15) is 30.6 Å². The quantitative estimate of drug-likeness (QED) is 0.681. The van der Waals surface area contributed by atoms with Crippen LogP contribution >= 0.6 is 11.6 Å². The number of nitrogens with one attached hydrogen (secondary N) is 1. The normalized spacial score (nSPS) is 15.3. The molecule has 1 saturated heterocycles. The summed E-state index contributed by atoms with van der Waals surface area (Å²) in [5, 5.41) is 3.07. The Morgan fingerprint density at radius 3 is 2.50 bits per heavy atom. The fraction of sp³-hybridized carbons (Fsp3) is 0.381. The minimum Gasteiger partial charge on any atom is -0.493 e. The predicted molar refractivity (Wildman–Crippen MR) is 118 cm³/mol. The Labute approximate surface area is 182 Å². The summed E-state index contributed by atoms with van der Waals surface area (Å²) in [5.74, 6) is 0.883. The molecule has 0 aromatic heterocycles. The smallest absolute Gasteiger partial charge is 0.255 e. The Bertz CT molecular complexity index is 1020. The maximum absolute atomic E-state index is 12.7. The zero-order valence-corrected chi connectivity index (χ0v) is 18.7. The molecule has 9 heteroatoms. The SMILES string of the molecule is COc1cc(C(=O)Nc2ccc(N3CCCS3(=O)=O)cc2)cc(Cl)c1OCC(C)C. The molecule has 0 spiro atoms. The van der Waals surface area contributed by atoms with Gasteiger partial charge in [0.05, 0.1) is 30.2 Å². The number of anilines is 2. The molecule has 3 rings (SSSR count). The number of halogens is 1. The first-order valence-corrected chi connectivity index (χ1v) is 11.6. The van der Waals surface area contributed by atoms with E-state index in [0.717, 1.165) is 0 Å². The van der Waals surface area contributed by atoms with Crippen molar-refractivity contribution >= 4 is 38.9 Å². The van der Waals surface area contributed by atoms with Crippen LogP contribution in [0.15, 0.2) is 36.4 Å². The third kappa shape index (κ3) is 4.99. The van der Waals surface area contributed by atoms with Crippen LogP contribution in [0.4, 0.5) is 11.4 Å². The Morgan fingerprint density at radius 2 is 1.93 bits per heavy atom. The van der Waals surface area contributed by atoms with Crippen LogP contribution in [0.25, 0.3) is 0 Å².